The van der Waals surface area contributed by atoms with Crippen molar-refractivity contribution in [2.45, 2.75) is 40.5 Å². The fourth-order valence-corrected chi connectivity index (χ4v) is 4.69. The Hall–Kier alpha value is -1.71. The molecule has 0 bridgehead atoms. The molecule has 0 fully saturated rings. The van der Waals surface area contributed by atoms with Gasteiger partial charge in [-0.15, -0.1) is 22.7 Å². The lowest BCUT2D eigenvalue weighted by Crippen LogP contribution is -1.92. The van der Waals surface area contributed by atoms with Gasteiger partial charge in [-0.1, -0.05) is 45.9 Å². The summed E-state index contributed by atoms with van der Waals surface area (Å²) in [7, 11) is 0. The van der Waals surface area contributed by atoms with Crippen LogP contribution >= 0.6 is 22.7 Å². The molecule has 136 valence electrons. The third kappa shape index (κ3) is 5.15. The summed E-state index contributed by atoms with van der Waals surface area (Å²) in [5.41, 5.74) is 5.92. The highest BCUT2D eigenvalue weighted by molar-refractivity contribution is 7.17. The SMILES string of the molecule is CC(C)Cc1ccc2ccsc2c1.CC(C)Cc1ccc2ncsc2c1. The van der Waals surface area contributed by atoms with E-state index in [4.69, 9.17) is 0 Å². The second-order valence-corrected chi connectivity index (χ2v) is 9.48. The van der Waals surface area contributed by atoms with Crippen molar-refractivity contribution in [2.75, 3.05) is 0 Å². The van der Waals surface area contributed by atoms with Gasteiger partial charge >= 0.3 is 0 Å². The molecule has 0 saturated carbocycles. The average Bonchev–Trinajstić information content (AvgIpc) is 3.22. The molecular weight excluding hydrogens is 354 g/mol. The van der Waals surface area contributed by atoms with E-state index in [9.17, 15) is 0 Å². The number of aromatic nitrogens is 1. The zero-order chi connectivity index (χ0) is 18.5. The van der Waals surface area contributed by atoms with Gasteiger partial charge in [0, 0.05) is 4.70 Å². The standard InChI is InChI=1S/C12H14S.C11H13NS/c1-9(2)7-10-3-4-11-5-6-13-12(11)8-10;1-8(2)5-9-3-4-10-11(6-9)13-7-12-10/h3-6,8-9H,7H2,1-2H3;3-4,6-8H,5H2,1-2H3. The summed E-state index contributed by atoms with van der Waals surface area (Å²) in [5, 5.41) is 3.53. The first-order valence-corrected chi connectivity index (χ1v) is 11.1. The van der Waals surface area contributed by atoms with Gasteiger partial charge in [-0.25, -0.2) is 4.98 Å². The van der Waals surface area contributed by atoms with Gasteiger partial charge in [-0.2, -0.15) is 0 Å². The molecule has 0 spiro atoms. The Labute approximate surface area is 164 Å². The van der Waals surface area contributed by atoms with Crippen LogP contribution in [0.3, 0.4) is 0 Å². The van der Waals surface area contributed by atoms with Gasteiger partial charge in [-0.3, -0.25) is 0 Å². The van der Waals surface area contributed by atoms with E-state index in [0.717, 1.165) is 23.8 Å². The molecule has 4 rings (SSSR count). The summed E-state index contributed by atoms with van der Waals surface area (Å²) >= 11 is 3.55. The zero-order valence-corrected chi connectivity index (χ0v) is 17.7. The summed E-state index contributed by atoms with van der Waals surface area (Å²) in [5.74, 6) is 1.47. The van der Waals surface area contributed by atoms with E-state index >= 15 is 0 Å². The first-order chi connectivity index (χ1) is 12.5. The van der Waals surface area contributed by atoms with E-state index in [1.165, 1.54) is 32.3 Å². The minimum atomic E-state index is 0.727. The molecular formula is C23H27NS2. The van der Waals surface area contributed by atoms with E-state index in [-0.39, 0.29) is 0 Å². The van der Waals surface area contributed by atoms with Crippen molar-refractivity contribution in [1.82, 2.24) is 4.98 Å². The fourth-order valence-electron chi connectivity index (χ4n) is 3.10. The summed E-state index contributed by atoms with van der Waals surface area (Å²) < 4.78 is 2.72. The number of fused-ring (bicyclic) bond motifs is 2. The Kier molecular flexibility index (Phi) is 6.44. The minimum Gasteiger partial charge on any atom is -0.245 e. The predicted octanol–water partition coefficient (Wildman–Crippen LogP) is 7.59. The highest BCUT2D eigenvalue weighted by atomic mass is 32.1. The van der Waals surface area contributed by atoms with E-state index in [1.54, 1.807) is 11.3 Å². The van der Waals surface area contributed by atoms with Crippen LogP contribution in [-0.2, 0) is 12.8 Å². The molecule has 0 unspecified atom stereocenters. The van der Waals surface area contributed by atoms with Gasteiger partial charge in [0.15, 0.2) is 0 Å². The predicted molar refractivity (Wildman–Crippen MR) is 119 cm³/mol. The third-order valence-electron chi connectivity index (χ3n) is 4.20. The molecule has 2 aromatic heterocycles. The maximum atomic E-state index is 4.26. The molecule has 0 aliphatic carbocycles. The van der Waals surface area contributed by atoms with Gasteiger partial charge in [0.25, 0.3) is 0 Å². The van der Waals surface area contributed by atoms with Gasteiger partial charge in [0.05, 0.1) is 15.7 Å². The molecule has 26 heavy (non-hydrogen) atoms. The molecule has 0 aliphatic rings. The number of nitrogens with zero attached hydrogens (tertiary/aromatic N) is 1. The summed E-state index contributed by atoms with van der Waals surface area (Å²) in [6.07, 6.45) is 2.35. The van der Waals surface area contributed by atoms with Gasteiger partial charge in [0.1, 0.15) is 0 Å². The Morgan fingerprint density at radius 3 is 2.12 bits per heavy atom. The Morgan fingerprint density at radius 2 is 1.42 bits per heavy atom. The largest absolute Gasteiger partial charge is 0.245 e. The fraction of sp³-hybridized carbons (Fsp3) is 0.348. The lowest BCUT2D eigenvalue weighted by Gasteiger charge is -2.04. The van der Waals surface area contributed by atoms with E-state index < -0.39 is 0 Å². The van der Waals surface area contributed by atoms with Crippen LogP contribution < -0.4 is 0 Å². The molecule has 2 heterocycles. The van der Waals surface area contributed by atoms with Crippen LogP contribution in [0.25, 0.3) is 20.3 Å². The molecule has 1 nitrogen and oxygen atoms in total. The van der Waals surface area contributed by atoms with Gasteiger partial charge in [-0.05, 0) is 70.8 Å². The molecule has 0 N–H and O–H groups in total. The first-order valence-electron chi connectivity index (χ1n) is 9.29. The Balaban J connectivity index is 0.000000151. The van der Waals surface area contributed by atoms with Crippen LogP contribution in [0.2, 0.25) is 0 Å². The minimum absolute atomic E-state index is 0.727. The normalized spacial score (nSPS) is 11.3. The number of rotatable bonds is 4. The van der Waals surface area contributed by atoms with Crippen LogP contribution in [-0.4, -0.2) is 4.98 Å². The molecule has 0 amide bonds. The maximum Gasteiger partial charge on any atom is 0.0812 e. The van der Waals surface area contributed by atoms with Crippen LogP contribution in [0.4, 0.5) is 0 Å². The van der Waals surface area contributed by atoms with Crippen LogP contribution in [0.15, 0.2) is 53.4 Å². The molecule has 0 atom stereocenters. The van der Waals surface area contributed by atoms with Crippen molar-refractivity contribution in [3.8, 4) is 0 Å². The van der Waals surface area contributed by atoms with Crippen LogP contribution in [0.5, 0.6) is 0 Å². The maximum absolute atomic E-state index is 4.26. The van der Waals surface area contributed by atoms with Gasteiger partial charge < -0.3 is 0 Å². The lowest BCUT2D eigenvalue weighted by molar-refractivity contribution is 0.647. The van der Waals surface area contributed by atoms with E-state index in [0.29, 0.717) is 0 Å². The second kappa shape index (κ2) is 8.79. The Bertz CT molecular complexity index is 882. The highest BCUT2D eigenvalue weighted by Crippen LogP contribution is 2.23. The number of thiophene rings is 1. The smallest absolute Gasteiger partial charge is 0.0812 e. The van der Waals surface area contributed by atoms with Crippen molar-refractivity contribution >= 4 is 43.0 Å². The van der Waals surface area contributed by atoms with Crippen molar-refractivity contribution in [3.05, 3.63) is 64.5 Å². The molecule has 3 heteroatoms. The summed E-state index contributed by atoms with van der Waals surface area (Å²) in [6, 6.07) is 15.5. The number of thiazole rings is 1. The number of benzene rings is 2. The third-order valence-corrected chi connectivity index (χ3v) is 5.88. The van der Waals surface area contributed by atoms with Crippen LogP contribution in [0.1, 0.15) is 38.8 Å². The first kappa shape index (κ1) is 19.1. The molecule has 0 radical (unpaired) electrons. The number of hydrogen-bond donors (Lipinski definition) is 0. The van der Waals surface area contributed by atoms with Crippen LogP contribution in [0, 0.1) is 11.8 Å². The molecule has 0 aliphatic heterocycles. The lowest BCUT2D eigenvalue weighted by atomic mass is 10.0. The summed E-state index contributed by atoms with van der Waals surface area (Å²) in [6.45, 7) is 9.02. The highest BCUT2D eigenvalue weighted by Gasteiger charge is 2.01. The van der Waals surface area contributed by atoms with Crippen molar-refractivity contribution in [3.63, 3.8) is 0 Å². The van der Waals surface area contributed by atoms with Crippen molar-refractivity contribution in [1.29, 1.82) is 0 Å². The Morgan fingerprint density at radius 1 is 0.769 bits per heavy atom. The number of hydrogen-bond acceptors (Lipinski definition) is 3. The summed E-state index contributed by atoms with van der Waals surface area (Å²) in [4.78, 5) is 4.26. The zero-order valence-electron chi connectivity index (χ0n) is 16.0. The molecule has 2 aromatic carbocycles. The molecule has 4 aromatic rings. The van der Waals surface area contributed by atoms with Gasteiger partial charge in [0.2, 0.25) is 0 Å². The quantitative estimate of drug-likeness (QED) is 0.355. The molecule has 0 saturated heterocycles. The topological polar surface area (TPSA) is 12.9 Å². The average molecular weight is 382 g/mol. The second-order valence-electron chi connectivity index (χ2n) is 7.64. The van der Waals surface area contributed by atoms with Crippen molar-refractivity contribution < 1.29 is 0 Å². The van der Waals surface area contributed by atoms with E-state index in [2.05, 4.69) is 80.5 Å². The monoisotopic (exact) mass is 381 g/mol. The van der Waals surface area contributed by atoms with Crippen molar-refractivity contribution in [2.24, 2.45) is 11.8 Å². The van der Waals surface area contributed by atoms with E-state index in [1.807, 2.05) is 16.8 Å².